The van der Waals surface area contributed by atoms with Crippen molar-refractivity contribution in [1.82, 2.24) is 9.78 Å². The maximum atomic E-state index is 12.5. The first-order valence-corrected chi connectivity index (χ1v) is 8.27. The van der Waals surface area contributed by atoms with Crippen molar-refractivity contribution in [1.29, 1.82) is 5.26 Å². The van der Waals surface area contributed by atoms with Gasteiger partial charge >= 0.3 is 6.36 Å². The Balaban J connectivity index is 1.79. The molecule has 0 N–H and O–H groups in total. The van der Waals surface area contributed by atoms with E-state index in [-0.39, 0.29) is 5.56 Å². The second-order valence-electron chi connectivity index (χ2n) is 6.33. The SMILES string of the molecule is N#Cc1ccc(-c2cnn(CC3CCCCC3)c2)cc1OC(F)(F)F. The molecular weight excluding hydrogens is 331 g/mol. The molecule has 1 heterocycles. The summed E-state index contributed by atoms with van der Waals surface area (Å²) < 4.78 is 43.3. The Bertz CT molecular complexity index is 771. The Kier molecular flexibility index (Phi) is 4.98. The number of halogens is 3. The van der Waals surface area contributed by atoms with E-state index < -0.39 is 12.1 Å². The van der Waals surface area contributed by atoms with Gasteiger partial charge in [0.15, 0.2) is 0 Å². The summed E-state index contributed by atoms with van der Waals surface area (Å²) >= 11 is 0. The number of nitrogens with zero attached hydrogens (tertiary/aromatic N) is 3. The molecular formula is C18H18F3N3O. The first-order chi connectivity index (χ1) is 11.9. The topological polar surface area (TPSA) is 50.8 Å². The van der Waals surface area contributed by atoms with Crippen LogP contribution < -0.4 is 4.74 Å². The molecule has 2 aromatic rings. The van der Waals surface area contributed by atoms with Gasteiger partial charge in [0.25, 0.3) is 0 Å². The summed E-state index contributed by atoms with van der Waals surface area (Å²) in [4.78, 5) is 0. The Labute approximate surface area is 143 Å². The average Bonchev–Trinajstić information content (AvgIpc) is 3.03. The van der Waals surface area contributed by atoms with Crippen LogP contribution in [-0.4, -0.2) is 16.1 Å². The van der Waals surface area contributed by atoms with E-state index in [0.717, 1.165) is 6.54 Å². The molecule has 0 aliphatic heterocycles. The molecule has 0 unspecified atom stereocenters. The molecule has 0 saturated heterocycles. The van der Waals surface area contributed by atoms with Crippen molar-refractivity contribution in [3.63, 3.8) is 0 Å². The molecule has 0 spiro atoms. The smallest absolute Gasteiger partial charge is 0.404 e. The highest BCUT2D eigenvalue weighted by atomic mass is 19.4. The zero-order chi connectivity index (χ0) is 17.9. The molecule has 1 aromatic carbocycles. The van der Waals surface area contributed by atoms with E-state index in [9.17, 15) is 13.2 Å². The highest BCUT2D eigenvalue weighted by Gasteiger charge is 2.32. The molecule has 1 saturated carbocycles. The van der Waals surface area contributed by atoms with Gasteiger partial charge in [-0.3, -0.25) is 4.68 Å². The van der Waals surface area contributed by atoms with Gasteiger partial charge in [-0.05, 0) is 36.5 Å². The fourth-order valence-corrected chi connectivity index (χ4v) is 3.25. The minimum atomic E-state index is -4.84. The molecule has 7 heteroatoms. The van der Waals surface area contributed by atoms with E-state index in [4.69, 9.17) is 5.26 Å². The van der Waals surface area contributed by atoms with Crippen LogP contribution in [0.3, 0.4) is 0 Å². The van der Waals surface area contributed by atoms with Crippen molar-refractivity contribution in [3.8, 4) is 22.9 Å². The predicted molar refractivity (Wildman–Crippen MR) is 85.6 cm³/mol. The van der Waals surface area contributed by atoms with Crippen LogP contribution in [0.4, 0.5) is 13.2 Å². The Morgan fingerprint density at radius 1 is 1.20 bits per heavy atom. The zero-order valence-electron chi connectivity index (χ0n) is 13.6. The summed E-state index contributed by atoms with van der Waals surface area (Å²) in [5.74, 6) is 0.110. The number of nitriles is 1. The van der Waals surface area contributed by atoms with Gasteiger partial charge in [0, 0.05) is 18.3 Å². The average molecular weight is 349 g/mol. The third-order valence-corrected chi connectivity index (χ3v) is 4.46. The molecule has 0 radical (unpaired) electrons. The van der Waals surface area contributed by atoms with Gasteiger partial charge in [0.05, 0.1) is 11.8 Å². The first-order valence-electron chi connectivity index (χ1n) is 8.27. The van der Waals surface area contributed by atoms with E-state index in [2.05, 4.69) is 9.84 Å². The molecule has 25 heavy (non-hydrogen) atoms. The summed E-state index contributed by atoms with van der Waals surface area (Å²) in [6.45, 7) is 0.822. The summed E-state index contributed by atoms with van der Waals surface area (Å²) in [5, 5.41) is 13.3. The highest BCUT2D eigenvalue weighted by Crippen LogP contribution is 2.31. The van der Waals surface area contributed by atoms with E-state index in [0.29, 0.717) is 17.0 Å². The van der Waals surface area contributed by atoms with Gasteiger partial charge < -0.3 is 4.74 Å². The monoisotopic (exact) mass is 349 g/mol. The van der Waals surface area contributed by atoms with Gasteiger partial charge in [0.2, 0.25) is 0 Å². The lowest BCUT2D eigenvalue weighted by Gasteiger charge is -2.21. The molecule has 1 aliphatic carbocycles. The van der Waals surface area contributed by atoms with Crippen molar-refractivity contribution in [3.05, 3.63) is 36.2 Å². The summed E-state index contributed by atoms with van der Waals surface area (Å²) in [6, 6.07) is 5.87. The van der Waals surface area contributed by atoms with Gasteiger partial charge in [-0.15, -0.1) is 13.2 Å². The third-order valence-electron chi connectivity index (χ3n) is 4.46. The molecule has 1 aliphatic rings. The molecule has 0 bridgehead atoms. The maximum Gasteiger partial charge on any atom is 0.573 e. The Morgan fingerprint density at radius 3 is 2.64 bits per heavy atom. The van der Waals surface area contributed by atoms with Crippen LogP contribution in [0.25, 0.3) is 11.1 Å². The van der Waals surface area contributed by atoms with E-state index in [1.54, 1.807) is 18.3 Å². The summed E-state index contributed by atoms with van der Waals surface area (Å²) in [7, 11) is 0. The Morgan fingerprint density at radius 2 is 1.96 bits per heavy atom. The van der Waals surface area contributed by atoms with Crippen LogP contribution >= 0.6 is 0 Å². The molecule has 0 amide bonds. The first kappa shape index (κ1) is 17.3. The van der Waals surface area contributed by atoms with Crippen LogP contribution in [0.5, 0.6) is 5.75 Å². The summed E-state index contributed by atoms with van der Waals surface area (Å²) in [5.41, 5.74) is 1.08. The van der Waals surface area contributed by atoms with Gasteiger partial charge in [-0.1, -0.05) is 25.3 Å². The minimum absolute atomic E-state index is 0.157. The number of hydrogen-bond acceptors (Lipinski definition) is 3. The molecule has 1 fully saturated rings. The third kappa shape index (κ3) is 4.53. The number of alkyl halides is 3. The van der Waals surface area contributed by atoms with Crippen molar-refractivity contribution in [2.24, 2.45) is 5.92 Å². The van der Waals surface area contributed by atoms with Crippen molar-refractivity contribution in [2.75, 3.05) is 0 Å². The molecule has 132 valence electrons. The summed E-state index contributed by atoms with van der Waals surface area (Å²) in [6.07, 6.45) is 4.77. The molecule has 1 aromatic heterocycles. The van der Waals surface area contributed by atoms with Crippen LogP contribution in [0.15, 0.2) is 30.6 Å². The van der Waals surface area contributed by atoms with Crippen LogP contribution in [-0.2, 0) is 6.54 Å². The lowest BCUT2D eigenvalue weighted by molar-refractivity contribution is -0.274. The van der Waals surface area contributed by atoms with Crippen LogP contribution in [0.2, 0.25) is 0 Å². The zero-order valence-corrected chi connectivity index (χ0v) is 13.6. The van der Waals surface area contributed by atoms with Gasteiger partial charge in [0.1, 0.15) is 11.8 Å². The minimum Gasteiger partial charge on any atom is -0.404 e. The van der Waals surface area contributed by atoms with E-state index in [1.807, 2.05) is 10.9 Å². The lowest BCUT2D eigenvalue weighted by atomic mass is 9.89. The number of hydrogen-bond donors (Lipinski definition) is 0. The number of aromatic nitrogens is 2. The second-order valence-corrected chi connectivity index (χ2v) is 6.33. The highest BCUT2D eigenvalue weighted by molar-refractivity contribution is 5.66. The number of rotatable bonds is 4. The van der Waals surface area contributed by atoms with Crippen molar-refractivity contribution >= 4 is 0 Å². The van der Waals surface area contributed by atoms with Crippen LogP contribution in [0.1, 0.15) is 37.7 Å². The largest absolute Gasteiger partial charge is 0.573 e. The van der Waals surface area contributed by atoms with E-state index in [1.165, 1.54) is 44.2 Å². The molecule has 4 nitrogen and oxygen atoms in total. The number of benzene rings is 1. The standard InChI is InChI=1S/C18H18F3N3O/c19-18(20,21)25-17-8-14(6-7-15(17)9-22)16-10-23-24(12-16)11-13-4-2-1-3-5-13/h6-8,10,12-13H,1-5,11H2. The normalized spacial score (nSPS) is 15.8. The Hall–Kier alpha value is -2.49. The van der Waals surface area contributed by atoms with Crippen LogP contribution in [0, 0.1) is 17.2 Å². The fourth-order valence-electron chi connectivity index (χ4n) is 3.25. The lowest BCUT2D eigenvalue weighted by Crippen LogP contribution is -2.17. The fraction of sp³-hybridized carbons (Fsp3) is 0.444. The van der Waals surface area contributed by atoms with Gasteiger partial charge in [-0.25, -0.2) is 0 Å². The maximum absolute atomic E-state index is 12.5. The number of ether oxygens (including phenoxy) is 1. The predicted octanol–water partition coefficient (Wildman–Crippen LogP) is 4.90. The van der Waals surface area contributed by atoms with Gasteiger partial charge in [-0.2, -0.15) is 10.4 Å². The van der Waals surface area contributed by atoms with Crippen molar-refractivity contribution in [2.45, 2.75) is 45.0 Å². The molecule has 3 rings (SSSR count). The molecule has 0 atom stereocenters. The quantitative estimate of drug-likeness (QED) is 0.789. The van der Waals surface area contributed by atoms with E-state index >= 15 is 0 Å². The van der Waals surface area contributed by atoms with Crippen molar-refractivity contribution < 1.29 is 17.9 Å². The second kappa shape index (κ2) is 7.18.